The Hall–Kier alpha value is -0.300. The van der Waals surface area contributed by atoms with Crippen LogP contribution in [-0.4, -0.2) is 11.2 Å². The minimum absolute atomic E-state index is 0.225. The Balaban J connectivity index is 4.00. The van der Waals surface area contributed by atoms with Gasteiger partial charge in [0.05, 0.1) is 6.10 Å². The van der Waals surface area contributed by atoms with E-state index in [-0.39, 0.29) is 12.0 Å². The molecule has 0 saturated heterocycles. The third kappa shape index (κ3) is 3.06. The van der Waals surface area contributed by atoms with Crippen LogP contribution in [0, 0.1) is 11.8 Å². The first-order valence-electron chi connectivity index (χ1n) is 4.34. The highest BCUT2D eigenvalue weighted by molar-refractivity contribution is 4.97. The molecule has 0 radical (unpaired) electrons. The summed E-state index contributed by atoms with van der Waals surface area (Å²) in [7, 11) is 0. The molecule has 0 amide bonds. The van der Waals surface area contributed by atoms with Crippen molar-refractivity contribution >= 4 is 0 Å². The van der Waals surface area contributed by atoms with Gasteiger partial charge in [-0.3, -0.25) is 0 Å². The van der Waals surface area contributed by atoms with Gasteiger partial charge in [0, 0.05) is 5.92 Å². The Morgan fingerprint density at radius 1 is 1.45 bits per heavy atom. The van der Waals surface area contributed by atoms with Crippen LogP contribution >= 0.6 is 0 Å². The molecule has 66 valence electrons. The number of aliphatic hydroxyl groups is 1. The van der Waals surface area contributed by atoms with Gasteiger partial charge >= 0.3 is 0 Å². The van der Waals surface area contributed by atoms with Crippen LogP contribution in [0.2, 0.25) is 0 Å². The molecule has 0 aromatic carbocycles. The maximum Gasteiger partial charge on any atom is 0.0627 e. The summed E-state index contributed by atoms with van der Waals surface area (Å²) in [5, 5.41) is 9.70. The lowest BCUT2D eigenvalue weighted by Crippen LogP contribution is -2.25. The monoisotopic (exact) mass is 156 g/mol. The van der Waals surface area contributed by atoms with Crippen molar-refractivity contribution in [3.8, 4) is 0 Å². The van der Waals surface area contributed by atoms with Gasteiger partial charge in [0.1, 0.15) is 0 Å². The average molecular weight is 156 g/mol. The van der Waals surface area contributed by atoms with Crippen molar-refractivity contribution in [2.75, 3.05) is 0 Å². The average Bonchev–Trinajstić information content (AvgIpc) is 2.00. The van der Waals surface area contributed by atoms with E-state index in [9.17, 15) is 5.11 Å². The van der Waals surface area contributed by atoms with Crippen molar-refractivity contribution < 1.29 is 5.11 Å². The second-order valence-electron chi connectivity index (χ2n) is 3.51. The lowest BCUT2D eigenvalue weighted by atomic mass is 9.88. The van der Waals surface area contributed by atoms with Crippen LogP contribution in [0.25, 0.3) is 0 Å². The van der Waals surface area contributed by atoms with Crippen LogP contribution in [0.4, 0.5) is 0 Å². The van der Waals surface area contributed by atoms with E-state index < -0.39 is 0 Å². The molecule has 0 aliphatic rings. The topological polar surface area (TPSA) is 20.2 Å². The summed E-state index contributed by atoms with van der Waals surface area (Å²) in [4.78, 5) is 0. The smallest absolute Gasteiger partial charge is 0.0627 e. The summed E-state index contributed by atoms with van der Waals surface area (Å²) in [5.74, 6) is 0.603. The molecule has 0 heterocycles. The quantitative estimate of drug-likeness (QED) is 0.620. The van der Waals surface area contributed by atoms with E-state index in [1.807, 2.05) is 13.8 Å². The van der Waals surface area contributed by atoms with Crippen LogP contribution in [0.5, 0.6) is 0 Å². The zero-order valence-corrected chi connectivity index (χ0v) is 8.09. The molecule has 0 bridgehead atoms. The van der Waals surface area contributed by atoms with Crippen molar-refractivity contribution in [3.63, 3.8) is 0 Å². The molecule has 0 aliphatic carbocycles. The lowest BCUT2D eigenvalue weighted by molar-refractivity contribution is 0.0773. The van der Waals surface area contributed by atoms with E-state index in [2.05, 4.69) is 20.4 Å². The summed E-state index contributed by atoms with van der Waals surface area (Å²) in [6.07, 6.45) is 0.802. The van der Waals surface area contributed by atoms with Gasteiger partial charge in [0.25, 0.3) is 0 Å². The van der Waals surface area contributed by atoms with Crippen LogP contribution in [-0.2, 0) is 0 Å². The van der Waals surface area contributed by atoms with E-state index in [0.717, 1.165) is 12.0 Å². The van der Waals surface area contributed by atoms with E-state index in [4.69, 9.17) is 0 Å². The van der Waals surface area contributed by atoms with Gasteiger partial charge in [0.2, 0.25) is 0 Å². The Morgan fingerprint density at radius 2 is 1.91 bits per heavy atom. The first kappa shape index (κ1) is 10.7. The molecule has 0 fully saturated rings. The third-order valence-electron chi connectivity index (χ3n) is 2.52. The van der Waals surface area contributed by atoms with Crippen molar-refractivity contribution in [1.82, 2.24) is 0 Å². The molecule has 0 aromatic rings. The van der Waals surface area contributed by atoms with Gasteiger partial charge in [-0.1, -0.05) is 39.3 Å². The van der Waals surface area contributed by atoms with Crippen molar-refractivity contribution in [3.05, 3.63) is 12.2 Å². The number of rotatable bonds is 4. The highest BCUT2D eigenvalue weighted by Crippen LogP contribution is 2.20. The van der Waals surface area contributed by atoms with Crippen LogP contribution in [0.15, 0.2) is 12.2 Å². The predicted molar refractivity (Wildman–Crippen MR) is 49.4 cm³/mol. The molecule has 1 N–H and O–H groups in total. The zero-order chi connectivity index (χ0) is 9.02. The Kier molecular flexibility index (Phi) is 4.43. The first-order valence-corrected chi connectivity index (χ1v) is 4.34. The summed E-state index contributed by atoms with van der Waals surface area (Å²) in [6.45, 7) is 12.0. The van der Waals surface area contributed by atoms with Crippen molar-refractivity contribution in [2.24, 2.45) is 11.8 Å². The van der Waals surface area contributed by atoms with Gasteiger partial charge < -0.3 is 5.11 Å². The maximum absolute atomic E-state index is 9.70. The Bertz CT molecular complexity index is 129. The molecule has 0 rings (SSSR count). The third-order valence-corrected chi connectivity index (χ3v) is 2.52. The maximum atomic E-state index is 9.70. The van der Waals surface area contributed by atoms with Crippen LogP contribution in [0.1, 0.15) is 34.1 Å². The molecule has 3 atom stereocenters. The predicted octanol–water partition coefficient (Wildman–Crippen LogP) is 2.61. The molecular formula is C10H20O. The second kappa shape index (κ2) is 4.55. The standard InChI is InChI=1S/C10H20O/c1-6-8(4)10(11)9(5)7(2)3/h8-11H,2,6H2,1,3-5H3. The van der Waals surface area contributed by atoms with Gasteiger partial charge in [-0.05, 0) is 12.8 Å². The van der Waals surface area contributed by atoms with Gasteiger partial charge in [-0.25, -0.2) is 0 Å². The van der Waals surface area contributed by atoms with Gasteiger partial charge in [-0.2, -0.15) is 0 Å². The number of hydrogen-bond donors (Lipinski definition) is 1. The summed E-state index contributed by atoms with van der Waals surface area (Å²) in [6, 6.07) is 0. The van der Waals surface area contributed by atoms with Gasteiger partial charge in [0.15, 0.2) is 0 Å². The molecule has 3 unspecified atom stereocenters. The Morgan fingerprint density at radius 3 is 2.18 bits per heavy atom. The summed E-state index contributed by atoms with van der Waals surface area (Å²) >= 11 is 0. The second-order valence-corrected chi connectivity index (χ2v) is 3.51. The molecule has 11 heavy (non-hydrogen) atoms. The van der Waals surface area contributed by atoms with Crippen LogP contribution in [0.3, 0.4) is 0 Å². The molecule has 0 saturated carbocycles. The highest BCUT2D eigenvalue weighted by Gasteiger charge is 2.19. The summed E-state index contributed by atoms with van der Waals surface area (Å²) in [5.41, 5.74) is 1.07. The zero-order valence-electron chi connectivity index (χ0n) is 8.09. The Labute approximate surface area is 70.1 Å². The van der Waals surface area contributed by atoms with E-state index in [1.54, 1.807) is 0 Å². The van der Waals surface area contributed by atoms with Crippen molar-refractivity contribution in [1.29, 1.82) is 0 Å². The van der Waals surface area contributed by atoms with Crippen LogP contribution < -0.4 is 0 Å². The van der Waals surface area contributed by atoms with E-state index in [1.165, 1.54) is 0 Å². The fraction of sp³-hybridized carbons (Fsp3) is 0.800. The molecule has 1 nitrogen and oxygen atoms in total. The molecule has 1 heteroatoms. The number of hydrogen-bond acceptors (Lipinski definition) is 1. The molecule has 0 aliphatic heterocycles. The lowest BCUT2D eigenvalue weighted by Gasteiger charge is -2.24. The summed E-state index contributed by atoms with van der Waals surface area (Å²) < 4.78 is 0. The minimum atomic E-state index is -0.225. The minimum Gasteiger partial charge on any atom is -0.392 e. The SMILES string of the molecule is C=C(C)C(C)C(O)C(C)CC. The van der Waals surface area contributed by atoms with E-state index in [0.29, 0.717) is 5.92 Å². The normalized spacial score (nSPS) is 19.0. The first-order chi connectivity index (χ1) is 5.00. The molecule has 0 aromatic heterocycles. The van der Waals surface area contributed by atoms with Gasteiger partial charge in [-0.15, -0.1) is 0 Å². The highest BCUT2D eigenvalue weighted by atomic mass is 16.3. The molecular weight excluding hydrogens is 136 g/mol. The molecule has 0 spiro atoms. The fourth-order valence-electron chi connectivity index (χ4n) is 1.03. The van der Waals surface area contributed by atoms with E-state index >= 15 is 0 Å². The number of aliphatic hydroxyl groups excluding tert-OH is 1. The fourth-order valence-corrected chi connectivity index (χ4v) is 1.03. The largest absolute Gasteiger partial charge is 0.392 e. The van der Waals surface area contributed by atoms with Crippen molar-refractivity contribution in [2.45, 2.75) is 40.2 Å².